The Balaban J connectivity index is 1.56. The van der Waals surface area contributed by atoms with Crippen LogP contribution in [-0.2, 0) is 11.4 Å². The van der Waals surface area contributed by atoms with Crippen molar-refractivity contribution in [2.45, 2.75) is 6.61 Å². The minimum atomic E-state index is -0.356. The summed E-state index contributed by atoms with van der Waals surface area (Å²) in [5.41, 5.74) is 1.62. The quantitative estimate of drug-likeness (QED) is 0.424. The molecular weight excluding hydrogens is 486 g/mol. The lowest BCUT2D eigenvalue weighted by Gasteiger charge is -2.11. The van der Waals surface area contributed by atoms with E-state index < -0.39 is 0 Å². The van der Waals surface area contributed by atoms with Gasteiger partial charge in [0.25, 0.3) is 5.91 Å². The van der Waals surface area contributed by atoms with Crippen LogP contribution in [0.3, 0.4) is 0 Å². The van der Waals surface area contributed by atoms with Crippen molar-refractivity contribution >= 4 is 50.5 Å². The fraction of sp³-hybridized carbons (Fsp3) is 0.0435. The molecule has 0 aliphatic carbocycles. The molecule has 0 unspecified atom stereocenters. The van der Waals surface area contributed by atoms with Gasteiger partial charge in [0.2, 0.25) is 0 Å². The summed E-state index contributed by atoms with van der Waals surface area (Å²) in [5, 5.41) is 3.09. The van der Waals surface area contributed by atoms with E-state index >= 15 is 0 Å². The van der Waals surface area contributed by atoms with E-state index in [9.17, 15) is 13.6 Å². The number of halogens is 3. The number of carbonyl (C=O) groups is 1. The number of nitrogens with one attached hydrogen (secondary N) is 1. The van der Waals surface area contributed by atoms with Gasteiger partial charge in [-0.3, -0.25) is 4.79 Å². The van der Waals surface area contributed by atoms with Crippen molar-refractivity contribution in [1.29, 1.82) is 0 Å². The molecule has 1 aliphatic heterocycles. The van der Waals surface area contributed by atoms with Crippen LogP contribution in [0.15, 0.2) is 81.1 Å². The first-order chi connectivity index (χ1) is 15.0. The Morgan fingerprint density at radius 1 is 1.06 bits per heavy atom. The molecule has 156 valence electrons. The molecule has 1 saturated heterocycles. The van der Waals surface area contributed by atoms with Gasteiger partial charge in [0, 0.05) is 15.6 Å². The summed E-state index contributed by atoms with van der Waals surface area (Å²) in [7, 11) is 0. The molecule has 0 aromatic heterocycles. The van der Waals surface area contributed by atoms with Crippen molar-refractivity contribution < 1.29 is 18.3 Å². The van der Waals surface area contributed by atoms with Gasteiger partial charge in [-0.05, 0) is 66.4 Å². The number of amidine groups is 1. The van der Waals surface area contributed by atoms with Crippen LogP contribution in [0, 0.1) is 11.6 Å². The highest BCUT2D eigenvalue weighted by atomic mass is 79.9. The molecule has 3 aromatic carbocycles. The van der Waals surface area contributed by atoms with E-state index in [1.54, 1.807) is 30.3 Å². The van der Waals surface area contributed by atoms with Gasteiger partial charge in [-0.25, -0.2) is 13.8 Å². The summed E-state index contributed by atoms with van der Waals surface area (Å²) in [6.07, 6.45) is 1.69. The lowest BCUT2D eigenvalue weighted by atomic mass is 10.1. The molecule has 1 amide bonds. The van der Waals surface area contributed by atoms with E-state index in [1.165, 1.54) is 42.1 Å². The van der Waals surface area contributed by atoms with E-state index in [2.05, 4.69) is 26.2 Å². The summed E-state index contributed by atoms with van der Waals surface area (Å²) in [6, 6.07) is 17.4. The van der Waals surface area contributed by atoms with Gasteiger partial charge in [-0.15, -0.1) is 0 Å². The smallest absolute Gasteiger partial charge is 0.264 e. The number of thioether (sulfide) groups is 1. The molecule has 0 radical (unpaired) electrons. The first-order valence-corrected chi connectivity index (χ1v) is 10.8. The van der Waals surface area contributed by atoms with Gasteiger partial charge < -0.3 is 10.1 Å². The third kappa shape index (κ3) is 5.39. The summed E-state index contributed by atoms with van der Waals surface area (Å²) in [5.74, 6) is -0.487. The molecular formula is C23H15BrF2N2O2S. The fourth-order valence-electron chi connectivity index (χ4n) is 2.79. The van der Waals surface area contributed by atoms with Crippen LogP contribution in [-0.4, -0.2) is 11.1 Å². The largest absolute Gasteiger partial charge is 0.488 e. The first kappa shape index (κ1) is 21.3. The summed E-state index contributed by atoms with van der Waals surface area (Å²) >= 11 is 4.59. The Hall–Kier alpha value is -2.97. The highest BCUT2D eigenvalue weighted by molar-refractivity contribution is 9.10. The summed E-state index contributed by atoms with van der Waals surface area (Å²) in [6.45, 7) is 0.0566. The van der Waals surface area contributed by atoms with Crippen LogP contribution in [0.2, 0.25) is 0 Å². The second-order valence-corrected chi connectivity index (χ2v) is 8.47. The minimum Gasteiger partial charge on any atom is -0.488 e. The Morgan fingerprint density at radius 2 is 1.84 bits per heavy atom. The predicted molar refractivity (Wildman–Crippen MR) is 122 cm³/mol. The maximum Gasteiger partial charge on any atom is 0.264 e. The van der Waals surface area contributed by atoms with E-state index in [0.29, 0.717) is 32.6 Å². The van der Waals surface area contributed by atoms with E-state index in [1.807, 2.05) is 12.1 Å². The monoisotopic (exact) mass is 500 g/mol. The summed E-state index contributed by atoms with van der Waals surface area (Å²) in [4.78, 5) is 17.2. The average molecular weight is 501 g/mol. The lowest BCUT2D eigenvalue weighted by Crippen LogP contribution is -2.19. The van der Waals surface area contributed by atoms with Gasteiger partial charge in [0.15, 0.2) is 5.17 Å². The van der Waals surface area contributed by atoms with Gasteiger partial charge in [-0.2, -0.15) is 0 Å². The standard InChI is InChI=1S/C23H15BrF2N2O2S/c24-16-5-10-20(30-13-14-3-1-2-4-19(14)26)15(11-16)12-21-22(29)28-23(31-21)27-18-8-6-17(25)7-9-18/h1-12H,13H2,(H,27,28,29)/b21-12+. The van der Waals surface area contributed by atoms with Crippen LogP contribution in [0.5, 0.6) is 5.75 Å². The molecule has 31 heavy (non-hydrogen) atoms. The molecule has 0 bridgehead atoms. The minimum absolute atomic E-state index is 0.0566. The zero-order chi connectivity index (χ0) is 21.8. The molecule has 0 atom stereocenters. The Labute approximate surface area is 190 Å². The molecule has 0 saturated carbocycles. The maximum absolute atomic E-state index is 13.9. The van der Waals surface area contributed by atoms with Crippen LogP contribution < -0.4 is 10.1 Å². The average Bonchev–Trinajstić information content (AvgIpc) is 3.09. The zero-order valence-corrected chi connectivity index (χ0v) is 18.3. The van der Waals surface area contributed by atoms with Gasteiger partial charge >= 0.3 is 0 Å². The number of rotatable bonds is 5. The van der Waals surface area contributed by atoms with Crippen molar-refractivity contribution in [1.82, 2.24) is 5.32 Å². The number of benzene rings is 3. The topological polar surface area (TPSA) is 50.7 Å². The van der Waals surface area contributed by atoms with Crippen molar-refractivity contribution in [2.75, 3.05) is 0 Å². The third-order valence-corrected chi connectivity index (χ3v) is 5.71. The SMILES string of the molecule is O=C1NC(=Nc2ccc(F)cc2)S/C1=C/c1cc(Br)ccc1OCc1ccccc1F. The maximum atomic E-state index is 13.9. The predicted octanol–water partition coefficient (Wildman–Crippen LogP) is 6.20. The number of carbonyl (C=O) groups excluding carboxylic acids is 1. The number of hydrogen-bond acceptors (Lipinski definition) is 4. The van der Waals surface area contributed by atoms with Gasteiger partial charge in [0.1, 0.15) is 24.0 Å². The van der Waals surface area contributed by atoms with Crippen LogP contribution in [0.4, 0.5) is 14.5 Å². The molecule has 1 heterocycles. The van der Waals surface area contributed by atoms with Crippen LogP contribution >= 0.6 is 27.7 Å². The van der Waals surface area contributed by atoms with E-state index in [0.717, 1.165) is 4.47 Å². The molecule has 8 heteroatoms. The van der Waals surface area contributed by atoms with Crippen LogP contribution in [0.1, 0.15) is 11.1 Å². The van der Waals surface area contributed by atoms with E-state index in [-0.39, 0.29) is 24.1 Å². The highest BCUT2D eigenvalue weighted by Crippen LogP contribution is 2.32. The number of ether oxygens (including phenoxy) is 1. The third-order valence-electron chi connectivity index (χ3n) is 4.31. The zero-order valence-electron chi connectivity index (χ0n) is 15.9. The Morgan fingerprint density at radius 3 is 2.61 bits per heavy atom. The highest BCUT2D eigenvalue weighted by Gasteiger charge is 2.24. The second kappa shape index (κ2) is 9.45. The number of hydrogen-bond donors (Lipinski definition) is 1. The number of aliphatic imine (C=N–C) groups is 1. The number of nitrogens with zero attached hydrogens (tertiary/aromatic N) is 1. The Kier molecular flexibility index (Phi) is 6.48. The van der Waals surface area contributed by atoms with Crippen molar-refractivity contribution in [3.63, 3.8) is 0 Å². The molecule has 4 rings (SSSR count). The number of amides is 1. The molecule has 0 spiro atoms. The lowest BCUT2D eigenvalue weighted by molar-refractivity contribution is -0.115. The normalized spacial score (nSPS) is 16.0. The molecule has 4 nitrogen and oxygen atoms in total. The van der Waals surface area contributed by atoms with Crippen molar-refractivity contribution in [2.24, 2.45) is 4.99 Å². The van der Waals surface area contributed by atoms with Crippen molar-refractivity contribution in [3.05, 3.63) is 98.9 Å². The first-order valence-electron chi connectivity index (χ1n) is 9.19. The molecule has 3 aromatic rings. The second-order valence-electron chi connectivity index (χ2n) is 6.52. The molecule has 1 aliphatic rings. The van der Waals surface area contributed by atoms with Crippen LogP contribution in [0.25, 0.3) is 6.08 Å². The van der Waals surface area contributed by atoms with Gasteiger partial charge in [-0.1, -0.05) is 34.1 Å². The molecule has 1 fully saturated rings. The fourth-order valence-corrected chi connectivity index (χ4v) is 4.00. The van der Waals surface area contributed by atoms with Gasteiger partial charge in [0.05, 0.1) is 10.6 Å². The Bertz CT molecular complexity index is 1200. The molecule has 1 N–H and O–H groups in total. The van der Waals surface area contributed by atoms with E-state index in [4.69, 9.17) is 4.74 Å². The summed E-state index contributed by atoms with van der Waals surface area (Å²) < 4.78 is 33.6. The van der Waals surface area contributed by atoms with Crippen molar-refractivity contribution in [3.8, 4) is 5.75 Å².